The summed E-state index contributed by atoms with van der Waals surface area (Å²) < 4.78 is 0. The van der Waals surface area contributed by atoms with E-state index in [9.17, 15) is 0 Å². The lowest BCUT2D eigenvalue weighted by Crippen LogP contribution is -2.34. The Morgan fingerprint density at radius 3 is 2.50 bits per heavy atom. The maximum atomic E-state index is 3.61. The molecule has 1 nitrogen and oxygen atoms in total. The molecule has 2 bridgehead atoms. The summed E-state index contributed by atoms with van der Waals surface area (Å²) in [4.78, 5) is 0. The van der Waals surface area contributed by atoms with E-state index in [0.29, 0.717) is 6.04 Å². The number of nitrogens with one attached hydrogen (secondary N) is 1. The molecule has 0 aromatic rings. The van der Waals surface area contributed by atoms with Gasteiger partial charge in [0, 0.05) is 6.04 Å². The largest absolute Gasteiger partial charge is 0.314 e. The second-order valence-electron chi connectivity index (χ2n) is 6.19. The number of rotatable bonds is 6. The van der Waals surface area contributed by atoms with E-state index < -0.39 is 0 Å². The second kappa shape index (κ2) is 5.53. The Morgan fingerprint density at radius 1 is 1.19 bits per heavy atom. The first-order chi connectivity index (χ1) is 7.74. The summed E-state index contributed by atoms with van der Waals surface area (Å²) >= 11 is 0. The summed E-state index contributed by atoms with van der Waals surface area (Å²) in [5.74, 6) is 4.20. The normalized spacial score (nSPS) is 36.6. The molecular formula is C15H29N. The van der Waals surface area contributed by atoms with Gasteiger partial charge in [0.15, 0.2) is 0 Å². The van der Waals surface area contributed by atoms with Gasteiger partial charge in [0.2, 0.25) is 0 Å². The maximum absolute atomic E-state index is 3.61. The predicted octanol–water partition coefficient (Wildman–Crippen LogP) is 3.84. The lowest BCUT2D eigenvalue weighted by molar-refractivity contribution is 0.232. The van der Waals surface area contributed by atoms with Crippen molar-refractivity contribution in [3.63, 3.8) is 0 Å². The van der Waals surface area contributed by atoms with Crippen molar-refractivity contribution in [2.75, 3.05) is 6.54 Å². The summed E-state index contributed by atoms with van der Waals surface area (Å²) in [6.07, 6.45) is 9.05. The minimum atomic E-state index is 0.717. The van der Waals surface area contributed by atoms with Crippen LogP contribution in [0.15, 0.2) is 0 Å². The van der Waals surface area contributed by atoms with Crippen molar-refractivity contribution in [3.8, 4) is 0 Å². The predicted molar refractivity (Wildman–Crippen MR) is 70.5 cm³/mol. The summed E-state index contributed by atoms with van der Waals surface area (Å²) in [6, 6.07) is 0.717. The third-order valence-electron chi connectivity index (χ3n) is 5.25. The average molecular weight is 223 g/mol. The van der Waals surface area contributed by atoms with Crippen molar-refractivity contribution in [2.45, 2.75) is 65.3 Å². The maximum Gasteiger partial charge on any atom is 0.00668 e. The average Bonchev–Trinajstić information content (AvgIpc) is 2.87. The Hall–Kier alpha value is -0.0400. The Balaban J connectivity index is 1.82. The van der Waals surface area contributed by atoms with Crippen LogP contribution in [-0.4, -0.2) is 12.6 Å². The molecule has 0 aliphatic heterocycles. The lowest BCUT2D eigenvalue weighted by atomic mass is 9.79. The van der Waals surface area contributed by atoms with Crippen LogP contribution in [0.3, 0.4) is 0 Å². The summed E-state index contributed by atoms with van der Waals surface area (Å²) in [5.41, 5.74) is 0. The second-order valence-corrected chi connectivity index (χ2v) is 6.19. The highest BCUT2D eigenvalue weighted by atomic mass is 14.9. The molecule has 2 saturated carbocycles. The molecule has 0 heterocycles. The lowest BCUT2D eigenvalue weighted by Gasteiger charge is -2.30. The first kappa shape index (κ1) is 12.4. The van der Waals surface area contributed by atoms with E-state index in [4.69, 9.17) is 0 Å². The molecular weight excluding hydrogens is 194 g/mol. The Kier molecular flexibility index (Phi) is 4.29. The number of hydrogen-bond donors (Lipinski definition) is 1. The SMILES string of the molecule is CCNC(C)C(CC)CC1CC2CCC1C2. The van der Waals surface area contributed by atoms with Crippen LogP contribution in [0.4, 0.5) is 0 Å². The minimum absolute atomic E-state index is 0.717. The molecule has 2 aliphatic carbocycles. The fourth-order valence-corrected chi connectivity index (χ4v) is 4.27. The molecule has 2 aliphatic rings. The van der Waals surface area contributed by atoms with Crippen LogP contribution in [0.5, 0.6) is 0 Å². The topological polar surface area (TPSA) is 12.0 Å². The molecule has 0 amide bonds. The zero-order chi connectivity index (χ0) is 11.5. The fourth-order valence-electron chi connectivity index (χ4n) is 4.27. The van der Waals surface area contributed by atoms with Crippen LogP contribution in [0.1, 0.15) is 59.3 Å². The van der Waals surface area contributed by atoms with E-state index in [1.54, 1.807) is 25.7 Å². The summed E-state index contributed by atoms with van der Waals surface area (Å²) in [5, 5.41) is 3.61. The first-order valence-electron chi connectivity index (χ1n) is 7.47. The van der Waals surface area contributed by atoms with Gasteiger partial charge in [-0.1, -0.05) is 26.7 Å². The smallest absolute Gasteiger partial charge is 0.00668 e. The van der Waals surface area contributed by atoms with Gasteiger partial charge in [-0.25, -0.2) is 0 Å². The van der Waals surface area contributed by atoms with Gasteiger partial charge in [-0.2, -0.15) is 0 Å². The highest BCUT2D eigenvalue weighted by Gasteiger charge is 2.40. The number of fused-ring (bicyclic) bond motifs is 2. The van der Waals surface area contributed by atoms with Crippen molar-refractivity contribution < 1.29 is 0 Å². The van der Waals surface area contributed by atoms with Crippen molar-refractivity contribution in [3.05, 3.63) is 0 Å². The molecule has 0 radical (unpaired) electrons. The highest BCUT2D eigenvalue weighted by molar-refractivity contribution is 4.91. The van der Waals surface area contributed by atoms with E-state index in [1.165, 1.54) is 12.8 Å². The van der Waals surface area contributed by atoms with Gasteiger partial charge in [-0.3, -0.25) is 0 Å². The molecule has 16 heavy (non-hydrogen) atoms. The van der Waals surface area contributed by atoms with Crippen LogP contribution < -0.4 is 5.32 Å². The summed E-state index contributed by atoms with van der Waals surface area (Å²) in [7, 11) is 0. The van der Waals surface area contributed by atoms with Gasteiger partial charge < -0.3 is 5.32 Å². The van der Waals surface area contributed by atoms with Crippen molar-refractivity contribution in [1.82, 2.24) is 5.32 Å². The van der Waals surface area contributed by atoms with Crippen LogP contribution in [0, 0.1) is 23.7 Å². The fraction of sp³-hybridized carbons (Fsp3) is 1.00. The Labute approximate surface area is 101 Å². The van der Waals surface area contributed by atoms with E-state index in [1.807, 2.05) is 0 Å². The summed E-state index contributed by atoms with van der Waals surface area (Å²) in [6.45, 7) is 8.09. The molecule has 1 N–H and O–H groups in total. The van der Waals surface area contributed by atoms with Crippen LogP contribution in [0.25, 0.3) is 0 Å². The monoisotopic (exact) mass is 223 g/mol. The van der Waals surface area contributed by atoms with Gasteiger partial charge >= 0.3 is 0 Å². The van der Waals surface area contributed by atoms with Crippen molar-refractivity contribution in [1.29, 1.82) is 0 Å². The van der Waals surface area contributed by atoms with E-state index in [2.05, 4.69) is 26.1 Å². The molecule has 0 aromatic carbocycles. The Bertz CT molecular complexity index is 213. The third kappa shape index (κ3) is 2.61. The third-order valence-corrected chi connectivity index (χ3v) is 5.25. The minimum Gasteiger partial charge on any atom is -0.314 e. The van der Waals surface area contributed by atoms with E-state index in [0.717, 1.165) is 30.2 Å². The van der Waals surface area contributed by atoms with Crippen LogP contribution >= 0.6 is 0 Å². The zero-order valence-electron chi connectivity index (χ0n) is 11.3. The van der Waals surface area contributed by atoms with E-state index >= 15 is 0 Å². The zero-order valence-corrected chi connectivity index (χ0v) is 11.3. The molecule has 94 valence electrons. The quantitative estimate of drug-likeness (QED) is 0.721. The van der Waals surface area contributed by atoms with Gasteiger partial charge in [0.1, 0.15) is 0 Å². The first-order valence-corrected chi connectivity index (χ1v) is 7.47. The standard InChI is InChI=1S/C15H29N/c1-4-13(11(3)16-5-2)10-15-9-12-6-7-14(15)8-12/h11-16H,4-10H2,1-3H3. The van der Waals surface area contributed by atoms with Crippen molar-refractivity contribution >= 4 is 0 Å². The molecule has 5 atom stereocenters. The molecule has 0 aromatic heterocycles. The van der Waals surface area contributed by atoms with Gasteiger partial charge in [-0.05, 0) is 62.8 Å². The van der Waals surface area contributed by atoms with Gasteiger partial charge in [0.25, 0.3) is 0 Å². The molecule has 5 unspecified atom stereocenters. The van der Waals surface area contributed by atoms with Crippen LogP contribution in [-0.2, 0) is 0 Å². The van der Waals surface area contributed by atoms with Crippen molar-refractivity contribution in [2.24, 2.45) is 23.7 Å². The van der Waals surface area contributed by atoms with Crippen LogP contribution in [0.2, 0.25) is 0 Å². The molecule has 0 spiro atoms. The molecule has 1 heteroatoms. The van der Waals surface area contributed by atoms with E-state index in [-0.39, 0.29) is 0 Å². The number of hydrogen-bond acceptors (Lipinski definition) is 1. The highest BCUT2D eigenvalue weighted by Crippen LogP contribution is 2.50. The van der Waals surface area contributed by atoms with Gasteiger partial charge in [-0.15, -0.1) is 0 Å². The molecule has 2 fully saturated rings. The molecule has 2 rings (SSSR count). The Morgan fingerprint density at radius 2 is 2.00 bits per heavy atom. The van der Waals surface area contributed by atoms with Gasteiger partial charge in [0.05, 0.1) is 0 Å². The molecule has 0 saturated heterocycles.